The highest BCUT2D eigenvalue weighted by atomic mass is 16.6. The molecule has 29 heavy (non-hydrogen) atoms. The molecule has 1 unspecified atom stereocenters. The fourth-order valence-corrected chi connectivity index (χ4v) is 4.50. The lowest BCUT2D eigenvalue weighted by molar-refractivity contribution is -0.00804. The quantitative estimate of drug-likeness (QED) is 0.765. The van der Waals surface area contributed by atoms with Gasteiger partial charge < -0.3 is 14.4 Å². The molecule has 154 valence electrons. The van der Waals surface area contributed by atoms with Crippen LogP contribution in [0.25, 0.3) is 0 Å². The number of rotatable bonds is 5. The normalized spacial score (nSPS) is 19.7. The van der Waals surface area contributed by atoms with E-state index in [1.54, 1.807) is 0 Å². The number of benzene rings is 2. The Morgan fingerprint density at radius 3 is 2.21 bits per heavy atom. The summed E-state index contributed by atoms with van der Waals surface area (Å²) in [6, 6.07) is 21.0. The summed E-state index contributed by atoms with van der Waals surface area (Å²) in [5.74, 6) is 0.536. The molecule has 0 bridgehead atoms. The second kappa shape index (κ2) is 9.90. The first kappa shape index (κ1) is 19.9. The molecular weight excluding hydrogens is 364 g/mol. The number of carbonyl (C=O) groups excluding carboxylic acids is 1. The number of carbonyl (C=O) groups is 1. The SMILES string of the molecule is O=C(OCc1ccccc1)N1CCC(C(c2ccccc2)N2CCOCC2)CC1. The van der Waals surface area contributed by atoms with Gasteiger partial charge in [-0.05, 0) is 29.9 Å². The minimum absolute atomic E-state index is 0.199. The number of hydrogen-bond donors (Lipinski definition) is 0. The van der Waals surface area contributed by atoms with Crippen molar-refractivity contribution in [1.29, 1.82) is 0 Å². The Hall–Kier alpha value is -2.37. The van der Waals surface area contributed by atoms with E-state index >= 15 is 0 Å². The van der Waals surface area contributed by atoms with E-state index in [-0.39, 0.29) is 6.09 Å². The lowest BCUT2D eigenvalue weighted by Gasteiger charge is -2.42. The lowest BCUT2D eigenvalue weighted by atomic mass is 9.84. The monoisotopic (exact) mass is 394 g/mol. The van der Waals surface area contributed by atoms with Crippen LogP contribution in [-0.4, -0.2) is 55.3 Å². The van der Waals surface area contributed by atoms with Gasteiger partial charge in [-0.3, -0.25) is 4.90 Å². The van der Waals surface area contributed by atoms with Crippen LogP contribution in [0.4, 0.5) is 4.79 Å². The molecule has 0 aliphatic carbocycles. The molecule has 0 aromatic heterocycles. The number of hydrogen-bond acceptors (Lipinski definition) is 4. The molecular formula is C24H30N2O3. The van der Waals surface area contributed by atoms with Crippen molar-refractivity contribution in [3.05, 3.63) is 71.8 Å². The molecule has 0 radical (unpaired) electrons. The van der Waals surface area contributed by atoms with Crippen LogP contribution in [0.2, 0.25) is 0 Å². The van der Waals surface area contributed by atoms with Gasteiger partial charge in [0.05, 0.1) is 13.2 Å². The van der Waals surface area contributed by atoms with E-state index in [0.717, 1.165) is 57.8 Å². The fourth-order valence-electron chi connectivity index (χ4n) is 4.50. The van der Waals surface area contributed by atoms with Crippen molar-refractivity contribution in [3.8, 4) is 0 Å². The zero-order chi connectivity index (χ0) is 19.9. The lowest BCUT2D eigenvalue weighted by Crippen LogP contribution is -2.46. The largest absolute Gasteiger partial charge is 0.445 e. The Kier molecular flexibility index (Phi) is 6.80. The number of morpholine rings is 1. The third-order valence-corrected chi connectivity index (χ3v) is 6.03. The van der Waals surface area contributed by atoms with Gasteiger partial charge in [-0.25, -0.2) is 4.79 Å². The molecule has 1 amide bonds. The van der Waals surface area contributed by atoms with E-state index in [1.165, 1.54) is 5.56 Å². The summed E-state index contributed by atoms with van der Waals surface area (Å²) >= 11 is 0. The summed E-state index contributed by atoms with van der Waals surface area (Å²) in [5.41, 5.74) is 2.40. The molecule has 2 aromatic carbocycles. The van der Waals surface area contributed by atoms with Gasteiger partial charge in [0, 0.05) is 32.2 Å². The highest BCUT2D eigenvalue weighted by Crippen LogP contribution is 2.36. The van der Waals surface area contributed by atoms with Gasteiger partial charge in [-0.15, -0.1) is 0 Å². The molecule has 0 N–H and O–H groups in total. The van der Waals surface area contributed by atoms with Crippen LogP contribution in [0.3, 0.4) is 0 Å². The van der Waals surface area contributed by atoms with Gasteiger partial charge in [0.25, 0.3) is 0 Å². The summed E-state index contributed by atoms with van der Waals surface area (Å²) < 4.78 is 11.1. The molecule has 5 heteroatoms. The zero-order valence-corrected chi connectivity index (χ0v) is 16.9. The van der Waals surface area contributed by atoms with Crippen molar-refractivity contribution in [1.82, 2.24) is 9.80 Å². The topological polar surface area (TPSA) is 42.0 Å². The van der Waals surface area contributed by atoms with E-state index in [9.17, 15) is 4.79 Å². The molecule has 2 aliphatic heterocycles. The highest BCUT2D eigenvalue weighted by molar-refractivity contribution is 5.67. The highest BCUT2D eigenvalue weighted by Gasteiger charge is 2.34. The van der Waals surface area contributed by atoms with Crippen LogP contribution in [0.1, 0.15) is 30.0 Å². The summed E-state index contributed by atoms with van der Waals surface area (Å²) in [4.78, 5) is 16.9. The van der Waals surface area contributed by atoms with Crippen LogP contribution in [0.15, 0.2) is 60.7 Å². The zero-order valence-electron chi connectivity index (χ0n) is 16.9. The Bertz CT molecular complexity index is 754. The maximum absolute atomic E-state index is 12.5. The van der Waals surface area contributed by atoms with Crippen molar-refractivity contribution in [2.24, 2.45) is 5.92 Å². The Balaban J connectivity index is 1.35. The standard InChI is InChI=1S/C24H30N2O3/c27-24(29-19-20-7-3-1-4-8-20)26-13-11-22(12-14-26)23(21-9-5-2-6-10-21)25-15-17-28-18-16-25/h1-10,22-23H,11-19H2. The summed E-state index contributed by atoms with van der Waals surface area (Å²) in [6.45, 7) is 5.39. The minimum atomic E-state index is -0.199. The molecule has 2 fully saturated rings. The maximum Gasteiger partial charge on any atom is 0.410 e. The third kappa shape index (κ3) is 5.17. The Labute approximate surface area is 173 Å². The van der Waals surface area contributed by atoms with Crippen LogP contribution in [0, 0.1) is 5.92 Å². The second-order valence-corrected chi connectivity index (χ2v) is 7.87. The molecule has 2 aliphatic rings. The first-order chi connectivity index (χ1) is 14.3. The average molecular weight is 395 g/mol. The predicted molar refractivity (Wildman–Crippen MR) is 112 cm³/mol. The minimum Gasteiger partial charge on any atom is -0.445 e. The van der Waals surface area contributed by atoms with E-state index in [2.05, 4.69) is 35.2 Å². The molecule has 1 atom stereocenters. The fraction of sp³-hybridized carbons (Fsp3) is 0.458. The van der Waals surface area contributed by atoms with Gasteiger partial charge in [0.2, 0.25) is 0 Å². The van der Waals surface area contributed by atoms with Gasteiger partial charge in [-0.1, -0.05) is 60.7 Å². The first-order valence-electron chi connectivity index (χ1n) is 10.6. The van der Waals surface area contributed by atoms with Crippen molar-refractivity contribution in [3.63, 3.8) is 0 Å². The number of ether oxygens (including phenoxy) is 2. The molecule has 0 saturated carbocycles. The van der Waals surface area contributed by atoms with Crippen molar-refractivity contribution in [2.45, 2.75) is 25.5 Å². The summed E-state index contributed by atoms with van der Waals surface area (Å²) in [5, 5.41) is 0. The number of likely N-dealkylation sites (tertiary alicyclic amines) is 1. The van der Waals surface area contributed by atoms with Gasteiger partial charge in [0.15, 0.2) is 0 Å². The maximum atomic E-state index is 12.5. The molecule has 4 rings (SSSR count). The Morgan fingerprint density at radius 1 is 0.931 bits per heavy atom. The van der Waals surface area contributed by atoms with Crippen LogP contribution < -0.4 is 0 Å². The third-order valence-electron chi connectivity index (χ3n) is 6.03. The van der Waals surface area contributed by atoms with Crippen LogP contribution >= 0.6 is 0 Å². The van der Waals surface area contributed by atoms with Crippen LogP contribution in [0.5, 0.6) is 0 Å². The number of nitrogens with zero attached hydrogens (tertiary/aromatic N) is 2. The van der Waals surface area contributed by atoms with E-state index in [4.69, 9.17) is 9.47 Å². The van der Waals surface area contributed by atoms with E-state index < -0.39 is 0 Å². The van der Waals surface area contributed by atoms with E-state index in [0.29, 0.717) is 18.6 Å². The van der Waals surface area contributed by atoms with Gasteiger partial charge in [-0.2, -0.15) is 0 Å². The van der Waals surface area contributed by atoms with Crippen molar-refractivity contribution < 1.29 is 14.3 Å². The Morgan fingerprint density at radius 2 is 1.55 bits per heavy atom. The van der Waals surface area contributed by atoms with Crippen molar-refractivity contribution in [2.75, 3.05) is 39.4 Å². The van der Waals surface area contributed by atoms with Crippen molar-refractivity contribution >= 4 is 6.09 Å². The molecule has 2 saturated heterocycles. The smallest absolute Gasteiger partial charge is 0.410 e. The van der Waals surface area contributed by atoms with Crippen LogP contribution in [-0.2, 0) is 16.1 Å². The molecule has 0 spiro atoms. The number of amides is 1. The average Bonchev–Trinajstić information content (AvgIpc) is 2.80. The van der Waals surface area contributed by atoms with E-state index in [1.807, 2.05) is 35.2 Å². The van der Waals surface area contributed by atoms with Gasteiger partial charge >= 0.3 is 6.09 Å². The number of piperidine rings is 1. The molecule has 5 nitrogen and oxygen atoms in total. The van der Waals surface area contributed by atoms with Gasteiger partial charge in [0.1, 0.15) is 6.61 Å². The summed E-state index contributed by atoms with van der Waals surface area (Å²) in [7, 11) is 0. The molecule has 2 heterocycles. The first-order valence-corrected chi connectivity index (χ1v) is 10.6. The molecule has 2 aromatic rings. The summed E-state index contributed by atoms with van der Waals surface area (Å²) in [6.07, 6.45) is 1.80. The predicted octanol–water partition coefficient (Wildman–Crippen LogP) is 4.11. The second-order valence-electron chi connectivity index (χ2n) is 7.87.